The molecule has 0 aromatic carbocycles. The largest absolute Gasteiger partial charge is 0.333 e. The van der Waals surface area contributed by atoms with Crippen LogP contribution in [0.5, 0.6) is 0 Å². The first-order chi connectivity index (χ1) is 5.88. The van der Waals surface area contributed by atoms with Crippen molar-refractivity contribution >= 4 is 0 Å². The van der Waals surface area contributed by atoms with E-state index in [1.54, 1.807) is 0 Å². The Morgan fingerprint density at radius 2 is 2.58 bits per heavy atom. The van der Waals surface area contributed by atoms with E-state index >= 15 is 0 Å². The van der Waals surface area contributed by atoms with Crippen molar-refractivity contribution < 1.29 is 0 Å². The van der Waals surface area contributed by atoms with Crippen molar-refractivity contribution in [3.8, 4) is 0 Å². The molecule has 1 fully saturated rings. The van der Waals surface area contributed by atoms with Crippen molar-refractivity contribution in [3.63, 3.8) is 0 Å². The highest BCUT2D eigenvalue weighted by Gasteiger charge is 2.21. The SMILES string of the molecule is CC(C1CCCN1)n1ccnc1. The molecule has 1 aromatic heterocycles. The molecule has 3 nitrogen and oxygen atoms in total. The Labute approximate surface area is 72.8 Å². The van der Waals surface area contributed by atoms with Crippen LogP contribution in [0.4, 0.5) is 0 Å². The Kier molecular flexibility index (Phi) is 2.13. The summed E-state index contributed by atoms with van der Waals surface area (Å²) in [5, 5.41) is 3.50. The normalized spacial score (nSPS) is 25.9. The van der Waals surface area contributed by atoms with Crippen molar-refractivity contribution in [1.29, 1.82) is 0 Å². The van der Waals surface area contributed by atoms with Gasteiger partial charge in [0.25, 0.3) is 0 Å². The maximum Gasteiger partial charge on any atom is 0.0948 e. The standard InChI is InChI=1S/C9H15N3/c1-8(9-3-2-4-11-9)12-6-5-10-7-12/h5-9,11H,2-4H2,1H3. The Bertz CT molecular complexity index is 224. The van der Waals surface area contributed by atoms with Crippen LogP contribution in [0.3, 0.4) is 0 Å². The number of hydrogen-bond acceptors (Lipinski definition) is 2. The van der Waals surface area contributed by atoms with Crippen LogP contribution in [-0.4, -0.2) is 22.1 Å². The van der Waals surface area contributed by atoms with E-state index in [0.717, 1.165) is 0 Å². The third kappa shape index (κ3) is 1.37. The smallest absolute Gasteiger partial charge is 0.0948 e. The molecule has 0 amide bonds. The Balaban J connectivity index is 2.04. The van der Waals surface area contributed by atoms with E-state index in [-0.39, 0.29) is 0 Å². The van der Waals surface area contributed by atoms with Gasteiger partial charge in [0.2, 0.25) is 0 Å². The number of nitrogens with zero attached hydrogens (tertiary/aromatic N) is 2. The molecule has 0 aliphatic carbocycles. The molecule has 1 aliphatic heterocycles. The van der Waals surface area contributed by atoms with Gasteiger partial charge in [0, 0.05) is 24.5 Å². The van der Waals surface area contributed by atoms with Gasteiger partial charge in [-0.25, -0.2) is 4.98 Å². The maximum atomic E-state index is 4.05. The van der Waals surface area contributed by atoms with E-state index in [0.29, 0.717) is 12.1 Å². The summed E-state index contributed by atoms with van der Waals surface area (Å²) in [6.07, 6.45) is 8.36. The third-order valence-corrected chi connectivity index (χ3v) is 2.68. The van der Waals surface area contributed by atoms with Crippen LogP contribution in [0, 0.1) is 0 Å². The van der Waals surface area contributed by atoms with Gasteiger partial charge in [-0.3, -0.25) is 0 Å². The van der Waals surface area contributed by atoms with Gasteiger partial charge in [0.15, 0.2) is 0 Å². The van der Waals surface area contributed by atoms with Crippen LogP contribution in [0.25, 0.3) is 0 Å². The highest BCUT2D eigenvalue weighted by Crippen LogP contribution is 2.18. The summed E-state index contributed by atoms with van der Waals surface area (Å²) in [6.45, 7) is 3.41. The fourth-order valence-electron chi connectivity index (χ4n) is 1.84. The lowest BCUT2D eigenvalue weighted by atomic mass is 10.1. The summed E-state index contributed by atoms with van der Waals surface area (Å²) < 4.78 is 2.17. The summed E-state index contributed by atoms with van der Waals surface area (Å²) in [6, 6.07) is 1.18. The quantitative estimate of drug-likeness (QED) is 0.713. The van der Waals surface area contributed by atoms with Crippen molar-refractivity contribution in [2.24, 2.45) is 0 Å². The Morgan fingerprint density at radius 1 is 1.67 bits per heavy atom. The van der Waals surface area contributed by atoms with Crippen LogP contribution >= 0.6 is 0 Å². The van der Waals surface area contributed by atoms with Gasteiger partial charge < -0.3 is 9.88 Å². The molecule has 1 saturated heterocycles. The summed E-state index contributed by atoms with van der Waals surface area (Å²) in [7, 11) is 0. The number of rotatable bonds is 2. The van der Waals surface area contributed by atoms with Gasteiger partial charge in [-0.15, -0.1) is 0 Å². The van der Waals surface area contributed by atoms with E-state index in [2.05, 4.69) is 21.8 Å². The number of hydrogen-bond donors (Lipinski definition) is 1. The second-order valence-corrected chi connectivity index (χ2v) is 3.45. The Morgan fingerprint density at radius 3 is 3.17 bits per heavy atom. The number of aromatic nitrogens is 2. The van der Waals surface area contributed by atoms with Gasteiger partial charge in [-0.1, -0.05) is 0 Å². The molecule has 3 heteroatoms. The zero-order valence-electron chi connectivity index (χ0n) is 7.40. The van der Waals surface area contributed by atoms with Gasteiger partial charge >= 0.3 is 0 Å². The fraction of sp³-hybridized carbons (Fsp3) is 0.667. The topological polar surface area (TPSA) is 29.9 Å². The molecule has 0 saturated carbocycles. The molecule has 2 unspecified atom stereocenters. The zero-order chi connectivity index (χ0) is 8.39. The first-order valence-electron chi connectivity index (χ1n) is 4.59. The first-order valence-corrected chi connectivity index (χ1v) is 4.59. The summed E-state index contributed by atoms with van der Waals surface area (Å²) >= 11 is 0. The lowest BCUT2D eigenvalue weighted by Gasteiger charge is -2.20. The zero-order valence-corrected chi connectivity index (χ0v) is 7.40. The summed E-state index contributed by atoms with van der Waals surface area (Å²) in [4.78, 5) is 4.05. The lowest BCUT2D eigenvalue weighted by molar-refractivity contribution is 0.409. The third-order valence-electron chi connectivity index (χ3n) is 2.68. The van der Waals surface area contributed by atoms with E-state index in [9.17, 15) is 0 Å². The highest BCUT2D eigenvalue weighted by molar-refractivity contribution is 4.87. The number of imidazole rings is 1. The maximum absolute atomic E-state index is 4.05. The number of nitrogens with one attached hydrogen (secondary N) is 1. The van der Waals surface area contributed by atoms with Gasteiger partial charge in [-0.2, -0.15) is 0 Å². The minimum absolute atomic E-state index is 0.537. The Hall–Kier alpha value is -0.830. The summed E-state index contributed by atoms with van der Waals surface area (Å²) in [5.41, 5.74) is 0. The molecule has 66 valence electrons. The summed E-state index contributed by atoms with van der Waals surface area (Å²) in [5.74, 6) is 0. The molecule has 2 atom stereocenters. The van der Waals surface area contributed by atoms with Crippen molar-refractivity contribution in [2.45, 2.75) is 31.8 Å². The van der Waals surface area contributed by atoms with Crippen molar-refractivity contribution in [1.82, 2.24) is 14.9 Å². The van der Waals surface area contributed by atoms with Gasteiger partial charge in [-0.05, 0) is 26.3 Å². The van der Waals surface area contributed by atoms with Crippen molar-refractivity contribution in [2.75, 3.05) is 6.54 Å². The van der Waals surface area contributed by atoms with Crippen LogP contribution in [-0.2, 0) is 0 Å². The van der Waals surface area contributed by atoms with Crippen LogP contribution < -0.4 is 5.32 Å². The molecular weight excluding hydrogens is 150 g/mol. The van der Waals surface area contributed by atoms with Gasteiger partial charge in [0.1, 0.15) is 0 Å². The second-order valence-electron chi connectivity index (χ2n) is 3.45. The molecule has 2 rings (SSSR count). The molecule has 12 heavy (non-hydrogen) atoms. The minimum atomic E-state index is 0.537. The van der Waals surface area contributed by atoms with Crippen molar-refractivity contribution in [3.05, 3.63) is 18.7 Å². The molecule has 1 aromatic rings. The van der Waals surface area contributed by atoms with E-state index in [1.807, 2.05) is 18.7 Å². The van der Waals surface area contributed by atoms with Crippen LogP contribution in [0.2, 0.25) is 0 Å². The molecule has 0 spiro atoms. The predicted molar refractivity (Wildman–Crippen MR) is 48.0 cm³/mol. The van der Waals surface area contributed by atoms with E-state index in [4.69, 9.17) is 0 Å². The molecule has 0 radical (unpaired) electrons. The molecule has 1 N–H and O–H groups in total. The molecule has 0 bridgehead atoms. The predicted octanol–water partition coefficient (Wildman–Crippen LogP) is 1.20. The van der Waals surface area contributed by atoms with Gasteiger partial charge in [0.05, 0.1) is 6.33 Å². The molecular formula is C9H15N3. The van der Waals surface area contributed by atoms with E-state index < -0.39 is 0 Å². The lowest BCUT2D eigenvalue weighted by Crippen LogP contribution is -2.30. The fourth-order valence-corrected chi connectivity index (χ4v) is 1.84. The molecule has 2 heterocycles. The van der Waals surface area contributed by atoms with Crippen LogP contribution in [0.15, 0.2) is 18.7 Å². The minimum Gasteiger partial charge on any atom is -0.333 e. The first kappa shape index (κ1) is 7.80. The highest BCUT2D eigenvalue weighted by atomic mass is 15.1. The van der Waals surface area contributed by atoms with Crippen LogP contribution in [0.1, 0.15) is 25.8 Å². The average molecular weight is 165 g/mol. The second kappa shape index (κ2) is 3.27. The average Bonchev–Trinajstić information content (AvgIpc) is 2.77. The molecule has 1 aliphatic rings. The van der Waals surface area contributed by atoms with E-state index in [1.165, 1.54) is 19.4 Å². The monoisotopic (exact) mass is 165 g/mol.